The van der Waals surface area contributed by atoms with E-state index in [1.54, 1.807) is 12.1 Å². The zero-order chi connectivity index (χ0) is 15.6. The first-order valence-electron chi connectivity index (χ1n) is 6.57. The van der Waals surface area contributed by atoms with Gasteiger partial charge in [-0.15, -0.1) is 0 Å². The number of benzene rings is 2. The Morgan fingerprint density at radius 2 is 1.76 bits per heavy atom. The molecule has 2 rings (SSSR count). The van der Waals surface area contributed by atoms with Crippen LogP contribution in [0.25, 0.3) is 0 Å². The van der Waals surface area contributed by atoms with Gasteiger partial charge in [-0.3, -0.25) is 0 Å². The maximum atomic E-state index is 11.6. The first-order chi connectivity index (χ1) is 9.77. The third-order valence-electron chi connectivity index (χ3n) is 3.34. The molecule has 0 radical (unpaired) electrons. The third kappa shape index (κ3) is 4.08. The monoisotopic (exact) mass is 367 g/mol. The predicted octanol–water partition coefficient (Wildman–Crippen LogP) is 4.08. The van der Waals surface area contributed by atoms with Crippen LogP contribution in [0.3, 0.4) is 0 Å². The predicted molar refractivity (Wildman–Crippen MR) is 90.5 cm³/mol. The summed E-state index contributed by atoms with van der Waals surface area (Å²) in [7, 11) is -3.18. The highest BCUT2D eigenvalue weighted by molar-refractivity contribution is 9.10. The molecule has 0 unspecified atom stereocenters. The molecule has 0 aliphatic carbocycles. The number of aryl methyl sites for hydroxylation is 2. The first-order valence-corrected chi connectivity index (χ1v) is 9.25. The van der Waals surface area contributed by atoms with Gasteiger partial charge in [-0.25, -0.2) is 8.42 Å². The molecule has 112 valence electrons. The molecule has 2 aromatic rings. The minimum Gasteiger partial charge on any atom is -0.381 e. The molecule has 0 aromatic heterocycles. The molecule has 5 heteroatoms. The van der Waals surface area contributed by atoms with Crippen molar-refractivity contribution in [2.24, 2.45) is 0 Å². The molecular formula is C16H18BrNO2S. The Hall–Kier alpha value is -1.33. The summed E-state index contributed by atoms with van der Waals surface area (Å²) in [4.78, 5) is 0.336. The number of nitrogens with one attached hydrogen (secondary N) is 1. The van der Waals surface area contributed by atoms with Gasteiger partial charge < -0.3 is 5.32 Å². The Bertz CT molecular complexity index is 770. The van der Waals surface area contributed by atoms with E-state index in [9.17, 15) is 8.42 Å². The van der Waals surface area contributed by atoms with E-state index >= 15 is 0 Å². The van der Waals surface area contributed by atoms with Gasteiger partial charge in [0.1, 0.15) is 0 Å². The molecule has 0 aliphatic heterocycles. The number of rotatable bonds is 4. The van der Waals surface area contributed by atoms with E-state index < -0.39 is 9.84 Å². The molecule has 0 spiro atoms. The van der Waals surface area contributed by atoms with Crippen LogP contribution in [0, 0.1) is 13.8 Å². The average molecular weight is 368 g/mol. The minimum absolute atomic E-state index is 0.336. The van der Waals surface area contributed by atoms with Crippen LogP contribution in [-0.2, 0) is 16.4 Å². The summed E-state index contributed by atoms with van der Waals surface area (Å²) < 4.78 is 24.3. The van der Waals surface area contributed by atoms with Crippen LogP contribution >= 0.6 is 15.9 Å². The number of anilines is 1. The van der Waals surface area contributed by atoms with Crippen LogP contribution in [0.2, 0.25) is 0 Å². The van der Waals surface area contributed by atoms with Gasteiger partial charge in [-0.2, -0.15) is 0 Å². The molecule has 0 amide bonds. The SMILES string of the molecule is Cc1cc(CNc2cc(S(C)(=O)=O)ccc2C)ccc1Br. The average Bonchev–Trinajstić information content (AvgIpc) is 2.40. The van der Waals surface area contributed by atoms with Crippen LogP contribution < -0.4 is 5.32 Å². The normalized spacial score (nSPS) is 11.4. The second kappa shape index (κ2) is 6.20. The van der Waals surface area contributed by atoms with Crippen LogP contribution in [0.4, 0.5) is 5.69 Å². The van der Waals surface area contributed by atoms with Crippen molar-refractivity contribution < 1.29 is 8.42 Å². The van der Waals surface area contributed by atoms with E-state index in [4.69, 9.17) is 0 Å². The number of hydrogen-bond acceptors (Lipinski definition) is 3. The summed E-state index contributed by atoms with van der Waals surface area (Å²) in [6, 6.07) is 11.3. The van der Waals surface area contributed by atoms with Gasteiger partial charge in [0, 0.05) is 23.0 Å². The largest absolute Gasteiger partial charge is 0.381 e. The lowest BCUT2D eigenvalue weighted by Crippen LogP contribution is -2.04. The quantitative estimate of drug-likeness (QED) is 0.885. The lowest BCUT2D eigenvalue weighted by Gasteiger charge is -2.12. The second-order valence-corrected chi connectivity index (χ2v) is 8.06. The van der Waals surface area contributed by atoms with Gasteiger partial charge in [0.15, 0.2) is 9.84 Å². The van der Waals surface area contributed by atoms with Gasteiger partial charge in [0.05, 0.1) is 4.90 Å². The highest BCUT2D eigenvalue weighted by atomic mass is 79.9. The van der Waals surface area contributed by atoms with E-state index in [1.165, 1.54) is 11.8 Å². The number of halogens is 1. The summed E-state index contributed by atoms with van der Waals surface area (Å²) in [6.07, 6.45) is 1.22. The Labute approximate surface area is 134 Å². The zero-order valence-corrected chi connectivity index (χ0v) is 14.7. The highest BCUT2D eigenvalue weighted by Crippen LogP contribution is 2.22. The van der Waals surface area contributed by atoms with Crippen molar-refractivity contribution in [3.05, 3.63) is 57.6 Å². The van der Waals surface area contributed by atoms with Crippen molar-refractivity contribution >= 4 is 31.5 Å². The third-order valence-corrected chi connectivity index (χ3v) is 5.34. The van der Waals surface area contributed by atoms with Gasteiger partial charge >= 0.3 is 0 Å². The molecular weight excluding hydrogens is 350 g/mol. The van der Waals surface area contributed by atoms with Crippen LogP contribution in [-0.4, -0.2) is 14.7 Å². The van der Waals surface area contributed by atoms with E-state index in [0.717, 1.165) is 21.3 Å². The minimum atomic E-state index is -3.18. The fraction of sp³-hybridized carbons (Fsp3) is 0.250. The van der Waals surface area contributed by atoms with Crippen molar-refractivity contribution in [2.75, 3.05) is 11.6 Å². The topological polar surface area (TPSA) is 46.2 Å². The summed E-state index contributed by atoms with van der Waals surface area (Å²) in [6.45, 7) is 4.66. The Kier molecular flexibility index (Phi) is 4.74. The zero-order valence-electron chi connectivity index (χ0n) is 12.3. The van der Waals surface area contributed by atoms with E-state index in [2.05, 4.69) is 27.3 Å². The molecule has 1 N–H and O–H groups in total. The molecule has 0 fully saturated rings. The van der Waals surface area contributed by atoms with Crippen molar-refractivity contribution in [1.82, 2.24) is 0 Å². The standard InChI is InChI=1S/C16H18BrNO2S/c1-11-4-6-14(21(3,19)20)9-16(11)18-10-13-5-7-15(17)12(2)8-13/h4-9,18H,10H2,1-3H3. The summed E-state index contributed by atoms with van der Waals surface area (Å²) in [5.41, 5.74) is 4.20. The van der Waals surface area contributed by atoms with Gasteiger partial charge in [-0.1, -0.05) is 34.1 Å². The van der Waals surface area contributed by atoms with Crippen LogP contribution in [0.15, 0.2) is 45.8 Å². The maximum absolute atomic E-state index is 11.6. The molecule has 21 heavy (non-hydrogen) atoms. The molecule has 0 aliphatic rings. The summed E-state index contributed by atoms with van der Waals surface area (Å²) in [5.74, 6) is 0. The highest BCUT2D eigenvalue weighted by Gasteiger charge is 2.09. The van der Waals surface area contributed by atoms with Gasteiger partial charge in [0.2, 0.25) is 0 Å². The van der Waals surface area contributed by atoms with E-state index in [-0.39, 0.29) is 0 Å². The van der Waals surface area contributed by atoms with E-state index in [1.807, 2.05) is 32.0 Å². The lowest BCUT2D eigenvalue weighted by atomic mass is 10.1. The molecule has 0 heterocycles. The Morgan fingerprint density at radius 3 is 2.38 bits per heavy atom. The van der Waals surface area contributed by atoms with Crippen molar-refractivity contribution in [1.29, 1.82) is 0 Å². The summed E-state index contributed by atoms with van der Waals surface area (Å²) in [5, 5.41) is 3.31. The fourth-order valence-electron chi connectivity index (χ4n) is 2.04. The van der Waals surface area contributed by atoms with Crippen molar-refractivity contribution in [2.45, 2.75) is 25.3 Å². The number of hydrogen-bond donors (Lipinski definition) is 1. The molecule has 0 saturated carbocycles. The second-order valence-electron chi connectivity index (χ2n) is 5.19. The van der Waals surface area contributed by atoms with E-state index in [0.29, 0.717) is 11.4 Å². The summed E-state index contributed by atoms with van der Waals surface area (Å²) >= 11 is 3.48. The smallest absolute Gasteiger partial charge is 0.175 e. The van der Waals surface area contributed by atoms with Crippen molar-refractivity contribution in [3.8, 4) is 0 Å². The molecule has 0 atom stereocenters. The lowest BCUT2D eigenvalue weighted by molar-refractivity contribution is 0.602. The van der Waals surface area contributed by atoms with Gasteiger partial charge in [0.25, 0.3) is 0 Å². The van der Waals surface area contributed by atoms with Gasteiger partial charge in [-0.05, 0) is 48.7 Å². The fourth-order valence-corrected chi connectivity index (χ4v) is 2.93. The maximum Gasteiger partial charge on any atom is 0.175 e. The van der Waals surface area contributed by atoms with Crippen LogP contribution in [0.1, 0.15) is 16.7 Å². The molecule has 0 saturated heterocycles. The first kappa shape index (κ1) is 16.0. The number of sulfone groups is 1. The molecule has 0 bridgehead atoms. The molecule has 2 aromatic carbocycles. The molecule has 3 nitrogen and oxygen atoms in total. The van der Waals surface area contributed by atoms with Crippen LogP contribution in [0.5, 0.6) is 0 Å². The van der Waals surface area contributed by atoms with Crippen molar-refractivity contribution in [3.63, 3.8) is 0 Å². The Balaban J connectivity index is 2.21. The Morgan fingerprint density at radius 1 is 1.05 bits per heavy atom.